The third kappa shape index (κ3) is 1.66. The molecule has 5 heteroatoms. The van der Waals surface area contributed by atoms with Crippen LogP contribution in [0, 0.1) is 17.0 Å². The molecule has 0 fully saturated rings. The summed E-state index contributed by atoms with van der Waals surface area (Å²) in [5, 5.41) is 10.7. The number of nitrogens with zero attached hydrogens (tertiary/aromatic N) is 1. The molecule has 1 rings (SSSR count). The maximum absolute atomic E-state index is 10.5. The third-order valence-corrected chi connectivity index (χ3v) is 2.18. The van der Waals surface area contributed by atoms with E-state index in [0.29, 0.717) is 5.30 Å². The molecule has 0 aliphatic rings. The smallest absolute Gasteiger partial charge is 0.269 e. The average Bonchev–Trinajstić information content (AvgIpc) is 2.05. The highest BCUT2D eigenvalue weighted by molar-refractivity contribution is 7.34. The fraction of sp³-hybridized carbons (Fsp3) is 0.143. The zero-order valence-electron chi connectivity index (χ0n) is 6.35. The summed E-state index contributed by atoms with van der Waals surface area (Å²) < 4.78 is 10.5. The van der Waals surface area contributed by atoms with Crippen molar-refractivity contribution < 1.29 is 9.49 Å². The Kier molecular flexibility index (Phi) is 2.51. The van der Waals surface area contributed by atoms with Crippen molar-refractivity contribution in [1.29, 1.82) is 0 Å². The summed E-state index contributed by atoms with van der Waals surface area (Å²) in [6.07, 6.45) is 0. The Labute approximate surface area is 70.6 Å². The van der Waals surface area contributed by atoms with Gasteiger partial charge in [0.25, 0.3) is 5.69 Å². The average molecular weight is 183 g/mol. The number of aryl methyl sites for hydroxylation is 1. The van der Waals surface area contributed by atoms with Gasteiger partial charge in [0.15, 0.2) is 8.46 Å². The predicted octanol–water partition coefficient (Wildman–Crippen LogP) is 1.82. The summed E-state index contributed by atoms with van der Waals surface area (Å²) in [7, 11) is -0.182. The van der Waals surface area contributed by atoms with Crippen LogP contribution in [-0.2, 0) is 4.57 Å². The number of rotatable bonds is 2. The molecule has 0 unspecified atom stereocenters. The molecule has 0 spiro atoms. The minimum absolute atomic E-state index is 0.0287. The van der Waals surface area contributed by atoms with Gasteiger partial charge in [0, 0.05) is 12.1 Å². The normalized spacial score (nSPS) is 10.1. The molecule has 1 aromatic rings. The van der Waals surface area contributed by atoms with Crippen molar-refractivity contribution in [1.82, 2.24) is 0 Å². The Balaban J connectivity index is 3.22. The summed E-state index contributed by atoms with van der Waals surface area (Å²) in [6, 6.07) is 4.28. The van der Waals surface area contributed by atoms with Crippen LogP contribution in [0.5, 0.6) is 0 Å². The van der Waals surface area contributed by atoms with E-state index in [2.05, 4.69) is 0 Å². The molecule has 0 heterocycles. The lowest BCUT2D eigenvalue weighted by molar-refractivity contribution is -0.384. The molecule has 62 valence electrons. The Hall–Kier alpha value is -1.28. The number of hydrogen-bond donors (Lipinski definition) is 0. The summed E-state index contributed by atoms with van der Waals surface area (Å²) in [6.45, 7) is 1.75. The number of non-ortho nitro benzene ring substituents is 1. The summed E-state index contributed by atoms with van der Waals surface area (Å²) in [5.41, 5.74) is 0.760. The first-order valence-electron chi connectivity index (χ1n) is 3.23. The van der Waals surface area contributed by atoms with Crippen molar-refractivity contribution in [3.8, 4) is 0 Å². The molecule has 0 saturated heterocycles. The summed E-state index contributed by atoms with van der Waals surface area (Å²) in [4.78, 5) is 9.77. The largest absolute Gasteiger partial charge is 0.270 e. The van der Waals surface area contributed by atoms with Crippen molar-refractivity contribution in [2.45, 2.75) is 6.92 Å². The van der Waals surface area contributed by atoms with Gasteiger partial charge in [-0.25, -0.2) is 0 Å². The van der Waals surface area contributed by atoms with E-state index >= 15 is 0 Å². The second kappa shape index (κ2) is 3.41. The van der Waals surface area contributed by atoms with Gasteiger partial charge in [-0.1, -0.05) is 6.07 Å². The van der Waals surface area contributed by atoms with Gasteiger partial charge in [-0.2, -0.15) is 0 Å². The molecule has 0 saturated carbocycles. The van der Waals surface area contributed by atoms with E-state index in [1.807, 2.05) is 0 Å². The highest BCUT2D eigenvalue weighted by atomic mass is 31.1. The minimum atomic E-state index is -0.506. The first kappa shape index (κ1) is 8.81. The zero-order valence-corrected chi connectivity index (χ0v) is 7.25. The zero-order chi connectivity index (χ0) is 9.14. The van der Waals surface area contributed by atoms with Crippen molar-refractivity contribution in [2.75, 3.05) is 0 Å². The highest BCUT2D eigenvalue weighted by Gasteiger charge is 2.07. The van der Waals surface area contributed by atoms with Crippen LogP contribution in [-0.4, -0.2) is 4.92 Å². The first-order chi connectivity index (χ1) is 5.65. The number of benzene rings is 1. The van der Waals surface area contributed by atoms with E-state index in [1.165, 1.54) is 12.1 Å². The summed E-state index contributed by atoms with van der Waals surface area (Å²) >= 11 is 0. The molecule has 0 bridgehead atoms. The second-order valence-electron chi connectivity index (χ2n) is 2.32. The molecule has 0 aliphatic heterocycles. The molecule has 0 aliphatic carbocycles. The van der Waals surface area contributed by atoms with Crippen LogP contribution in [0.4, 0.5) is 5.69 Å². The van der Waals surface area contributed by atoms with Crippen molar-refractivity contribution in [3.05, 3.63) is 33.9 Å². The van der Waals surface area contributed by atoms with Gasteiger partial charge in [-0.3, -0.25) is 14.7 Å². The van der Waals surface area contributed by atoms with E-state index in [9.17, 15) is 14.7 Å². The first-order valence-corrected chi connectivity index (χ1v) is 4.05. The molecule has 0 amide bonds. The summed E-state index contributed by atoms with van der Waals surface area (Å²) in [5.74, 6) is 0. The monoisotopic (exact) mass is 183 g/mol. The van der Waals surface area contributed by atoms with Crippen LogP contribution in [0.2, 0.25) is 0 Å². The third-order valence-electron chi connectivity index (χ3n) is 1.50. The Morgan fingerprint density at radius 1 is 1.50 bits per heavy atom. The number of nitro groups is 1. The van der Waals surface area contributed by atoms with Crippen LogP contribution < -0.4 is 5.30 Å². The SMILES string of the molecule is Cc1ccc([N+](=O)[O-])cc1P=O. The van der Waals surface area contributed by atoms with Gasteiger partial charge in [-0.15, -0.1) is 0 Å². The van der Waals surface area contributed by atoms with Gasteiger partial charge in [-0.05, 0) is 12.5 Å². The van der Waals surface area contributed by atoms with Gasteiger partial charge in [0.2, 0.25) is 0 Å². The van der Waals surface area contributed by atoms with E-state index in [0.717, 1.165) is 5.56 Å². The second-order valence-corrected chi connectivity index (χ2v) is 2.98. The van der Waals surface area contributed by atoms with Gasteiger partial charge >= 0.3 is 0 Å². The lowest BCUT2D eigenvalue weighted by Crippen LogP contribution is -1.99. The standard InChI is InChI=1S/C7H6NO3P/c1-5-2-3-6(8(9)10)4-7(5)12-11/h2-4H,1H3. The van der Waals surface area contributed by atoms with Crippen molar-refractivity contribution in [3.63, 3.8) is 0 Å². The predicted molar refractivity (Wildman–Crippen MR) is 45.1 cm³/mol. The van der Waals surface area contributed by atoms with Crippen LogP contribution in [0.1, 0.15) is 5.56 Å². The van der Waals surface area contributed by atoms with E-state index in [-0.39, 0.29) is 14.1 Å². The van der Waals surface area contributed by atoms with E-state index < -0.39 is 4.92 Å². The Morgan fingerprint density at radius 2 is 2.17 bits per heavy atom. The fourth-order valence-corrected chi connectivity index (χ4v) is 1.21. The highest BCUT2D eigenvalue weighted by Crippen LogP contribution is 2.12. The van der Waals surface area contributed by atoms with Crippen molar-refractivity contribution >= 4 is 19.5 Å². The number of nitro benzene ring substituents is 1. The van der Waals surface area contributed by atoms with Crippen LogP contribution >= 0.6 is 8.46 Å². The molecule has 1 aromatic carbocycles. The molecule has 0 radical (unpaired) electrons. The van der Waals surface area contributed by atoms with Crippen LogP contribution in [0.3, 0.4) is 0 Å². The fourth-order valence-electron chi connectivity index (χ4n) is 0.810. The van der Waals surface area contributed by atoms with Crippen molar-refractivity contribution in [2.24, 2.45) is 0 Å². The van der Waals surface area contributed by atoms with E-state index in [1.54, 1.807) is 13.0 Å². The molecule has 12 heavy (non-hydrogen) atoms. The lowest BCUT2D eigenvalue weighted by atomic mass is 10.2. The minimum Gasteiger partial charge on any atom is -0.269 e. The Morgan fingerprint density at radius 3 is 2.67 bits per heavy atom. The molecule has 0 N–H and O–H groups in total. The number of hydrogen-bond acceptors (Lipinski definition) is 3. The molecule has 0 atom stereocenters. The lowest BCUT2D eigenvalue weighted by Gasteiger charge is -1.95. The van der Waals surface area contributed by atoms with Gasteiger partial charge in [0.05, 0.1) is 10.2 Å². The van der Waals surface area contributed by atoms with E-state index in [4.69, 9.17) is 0 Å². The maximum atomic E-state index is 10.5. The molecule has 4 nitrogen and oxygen atoms in total. The van der Waals surface area contributed by atoms with Crippen LogP contribution in [0.25, 0.3) is 0 Å². The molecular weight excluding hydrogens is 177 g/mol. The van der Waals surface area contributed by atoms with Crippen LogP contribution in [0.15, 0.2) is 18.2 Å². The molecule has 0 aromatic heterocycles. The van der Waals surface area contributed by atoms with Gasteiger partial charge in [0.1, 0.15) is 0 Å². The van der Waals surface area contributed by atoms with Gasteiger partial charge < -0.3 is 0 Å². The topological polar surface area (TPSA) is 60.2 Å². The molecular formula is C7H6NO3P. The Bertz CT molecular complexity index is 337. The quantitative estimate of drug-likeness (QED) is 0.399. The maximum Gasteiger partial charge on any atom is 0.270 e.